The van der Waals surface area contributed by atoms with E-state index in [1.807, 2.05) is 32.8 Å². The molecule has 1 heterocycles. The van der Waals surface area contributed by atoms with Gasteiger partial charge < -0.3 is 4.90 Å². The van der Waals surface area contributed by atoms with E-state index in [1.165, 1.54) is 4.31 Å². The minimum Gasteiger partial charge on any atom is -0.308 e. The van der Waals surface area contributed by atoms with Crippen molar-refractivity contribution < 1.29 is 8.42 Å². The summed E-state index contributed by atoms with van der Waals surface area (Å²) in [5, 5.41) is 6.68. The molecule has 1 aromatic heterocycles. The van der Waals surface area contributed by atoms with E-state index in [9.17, 15) is 8.42 Å². The molecular formula is C12H23ClN4O2S. The molecule has 0 spiro atoms. The van der Waals surface area contributed by atoms with Crippen LogP contribution in [-0.4, -0.2) is 61.0 Å². The van der Waals surface area contributed by atoms with E-state index in [1.54, 1.807) is 6.92 Å². The van der Waals surface area contributed by atoms with Crippen molar-refractivity contribution in [2.45, 2.75) is 37.7 Å². The van der Waals surface area contributed by atoms with Crippen molar-refractivity contribution in [1.29, 1.82) is 0 Å². The van der Waals surface area contributed by atoms with Crippen molar-refractivity contribution in [3.63, 3.8) is 0 Å². The number of likely N-dealkylation sites (N-methyl/N-ethyl adjacent to an activating group) is 2. The molecule has 116 valence electrons. The van der Waals surface area contributed by atoms with Crippen LogP contribution >= 0.6 is 11.6 Å². The number of nitrogens with zero attached hydrogens (tertiary/aromatic N) is 3. The predicted octanol–water partition coefficient (Wildman–Crippen LogP) is 1.42. The lowest BCUT2D eigenvalue weighted by atomic mass is 10.3. The molecule has 1 atom stereocenters. The average molecular weight is 323 g/mol. The Kier molecular flexibility index (Phi) is 6.00. The summed E-state index contributed by atoms with van der Waals surface area (Å²) in [7, 11) is 0.195. The smallest absolute Gasteiger partial charge is 0.262 e. The zero-order valence-electron chi connectivity index (χ0n) is 12.6. The van der Waals surface area contributed by atoms with Gasteiger partial charge in [0.1, 0.15) is 0 Å². The highest BCUT2D eigenvalue weighted by Gasteiger charge is 2.32. The molecule has 0 aliphatic heterocycles. The van der Waals surface area contributed by atoms with Gasteiger partial charge in [-0.1, -0.05) is 6.92 Å². The second-order valence-electron chi connectivity index (χ2n) is 5.09. The molecule has 0 saturated carbocycles. The largest absolute Gasteiger partial charge is 0.308 e. The van der Waals surface area contributed by atoms with Crippen molar-refractivity contribution >= 4 is 21.6 Å². The van der Waals surface area contributed by atoms with Crippen LogP contribution in [0.5, 0.6) is 0 Å². The van der Waals surface area contributed by atoms with E-state index in [0.717, 1.165) is 0 Å². The molecule has 0 aromatic carbocycles. The minimum absolute atomic E-state index is 0.0393. The van der Waals surface area contributed by atoms with Gasteiger partial charge in [-0.05, 0) is 27.9 Å². The van der Waals surface area contributed by atoms with Crippen LogP contribution in [0.4, 0.5) is 0 Å². The van der Waals surface area contributed by atoms with Gasteiger partial charge in [0.2, 0.25) is 0 Å². The Bertz CT molecular complexity index is 542. The summed E-state index contributed by atoms with van der Waals surface area (Å²) in [5.41, 5.74) is 1.23. The van der Waals surface area contributed by atoms with Gasteiger partial charge in [0.15, 0.2) is 5.03 Å². The van der Waals surface area contributed by atoms with Crippen LogP contribution < -0.4 is 0 Å². The summed E-state index contributed by atoms with van der Waals surface area (Å²) in [4.78, 5) is 1.96. The maximum atomic E-state index is 12.7. The lowest BCUT2D eigenvalue weighted by Crippen LogP contribution is -2.44. The maximum absolute atomic E-state index is 12.7. The molecule has 1 rings (SSSR count). The summed E-state index contributed by atoms with van der Waals surface area (Å²) in [5.74, 6) is 0.122. The van der Waals surface area contributed by atoms with Crippen molar-refractivity contribution in [2.24, 2.45) is 0 Å². The number of aromatic nitrogens is 2. The quantitative estimate of drug-likeness (QED) is 0.771. The molecule has 0 fully saturated rings. The Morgan fingerprint density at radius 3 is 2.45 bits per heavy atom. The fourth-order valence-electron chi connectivity index (χ4n) is 2.25. The summed E-state index contributed by atoms with van der Waals surface area (Å²) in [6.07, 6.45) is 0. The number of nitrogens with one attached hydrogen (secondary N) is 1. The van der Waals surface area contributed by atoms with E-state index >= 15 is 0 Å². The van der Waals surface area contributed by atoms with Gasteiger partial charge in [-0.2, -0.15) is 9.40 Å². The molecule has 0 radical (unpaired) electrons. The summed E-state index contributed by atoms with van der Waals surface area (Å²) >= 11 is 5.85. The standard InChI is InChI=1S/C12H23ClN4O2S/c1-6-17(9(2)8-16(4)5)20(18,19)12-11(7-13)10(3)14-15-12/h9H,6-8H2,1-5H3,(H,14,15). The Morgan fingerprint density at radius 2 is 2.00 bits per heavy atom. The summed E-state index contributed by atoms with van der Waals surface area (Å²) in [6, 6.07) is -0.139. The second-order valence-corrected chi connectivity index (χ2v) is 7.16. The molecule has 0 amide bonds. The SMILES string of the molecule is CCN(C(C)CN(C)C)S(=O)(=O)c1n[nH]c(C)c1CCl. The molecule has 0 bridgehead atoms. The second kappa shape index (κ2) is 6.89. The van der Waals surface area contributed by atoms with Gasteiger partial charge in [-0.3, -0.25) is 5.10 Å². The number of alkyl halides is 1. The van der Waals surface area contributed by atoms with Crippen molar-refractivity contribution in [1.82, 2.24) is 19.4 Å². The molecule has 0 aliphatic rings. The molecule has 8 heteroatoms. The van der Waals surface area contributed by atoms with E-state index in [2.05, 4.69) is 10.2 Å². The first kappa shape index (κ1) is 17.4. The normalized spacial score (nSPS) is 14.2. The van der Waals surface area contributed by atoms with Crippen LogP contribution in [0.25, 0.3) is 0 Å². The van der Waals surface area contributed by atoms with Gasteiger partial charge in [0, 0.05) is 30.4 Å². The average Bonchev–Trinajstić information content (AvgIpc) is 2.70. The maximum Gasteiger partial charge on any atom is 0.262 e. The van der Waals surface area contributed by atoms with Gasteiger partial charge in [-0.25, -0.2) is 8.42 Å². The van der Waals surface area contributed by atoms with Crippen LogP contribution in [0.1, 0.15) is 25.1 Å². The van der Waals surface area contributed by atoms with E-state index in [0.29, 0.717) is 24.3 Å². The molecule has 0 aliphatic carbocycles. The molecule has 6 nitrogen and oxygen atoms in total. The number of rotatable bonds is 7. The summed E-state index contributed by atoms with van der Waals surface area (Å²) < 4.78 is 26.9. The van der Waals surface area contributed by atoms with Crippen LogP contribution in [0, 0.1) is 6.92 Å². The Labute approximate surface area is 126 Å². The van der Waals surface area contributed by atoms with Crippen molar-refractivity contribution in [3.05, 3.63) is 11.3 Å². The first-order valence-corrected chi connectivity index (χ1v) is 8.49. The fourth-order valence-corrected chi connectivity index (χ4v) is 4.46. The zero-order chi connectivity index (χ0) is 15.5. The Balaban J connectivity index is 3.18. The van der Waals surface area contributed by atoms with E-state index in [4.69, 9.17) is 11.6 Å². The van der Waals surface area contributed by atoms with Crippen LogP contribution in [0.15, 0.2) is 5.03 Å². The minimum atomic E-state index is -3.64. The Hall–Kier alpha value is -0.630. The third-order valence-corrected chi connectivity index (χ3v) is 5.48. The van der Waals surface area contributed by atoms with E-state index in [-0.39, 0.29) is 16.9 Å². The fraction of sp³-hybridized carbons (Fsp3) is 0.750. The van der Waals surface area contributed by atoms with Crippen LogP contribution in [0.2, 0.25) is 0 Å². The third-order valence-electron chi connectivity index (χ3n) is 3.16. The predicted molar refractivity (Wildman–Crippen MR) is 80.5 cm³/mol. The number of aromatic amines is 1. The lowest BCUT2D eigenvalue weighted by Gasteiger charge is -2.28. The highest BCUT2D eigenvalue weighted by atomic mass is 35.5. The third kappa shape index (κ3) is 3.52. The Morgan fingerprint density at radius 1 is 1.40 bits per heavy atom. The van der Waals surface area contributed by atoms with Gasteiger partial charge in [0.25, 0.3) is 10.0 Å². The molecule has 1 unspecified atom stereocenters. The molecule has 1 N–H and O–H groups in total. The van der Waals surface area contributed by atoms with Crippen LogP contribution in [-0.2, 0) is 15.9 Å². The number of hydrogen-bond donors (Lipinski definition) is 1. The molecule has 0 saturated heterocycles. The monoisotopic (exact) mass is 322 g/mol. The topological polar surface area (TPSA) is 69.3 Å². The van der Waals surface area contributed by atoms with Gasteiger partial charge in [-0.15, -0.1) is 11.6 Å². The highest BCUT2D eigenvalue weighted by molar-refractivity contribution is 7.89. The van der Waals surface area contributed by atoms with Crippen molar-refractivity contribution in [2.75, 3.05) is 27.2 Å². The number of aryl methyl sites for hydroxylation is 1. The van der Waals surface area contributed by atoms with Gasteiger partial charge in [0.05, 0.1) is 5.88 Å². The number of hydrogen-bond acceptors (Lipinski definition) is 4. The van der Waals surface area contributed by atoms with E-state index < -0.39 is 10.0 Å². The summed E-state index contributed by atoms with van der Waals surface area (Å²) in [6.45, 7) is 6.52. The number of H-pyrrole nitrogens is 1. The number of halogens is 1. The molecular weight excluding hydrogens is 300 g/mol. The van der Waals surface area contributed by atoms with Crippen molar-refractivity contribution in [3.8, 4) is 0 Å². The zero-order valence-corrected chi connectivity index (χ0v) is 14.2. The number of sulfonamides is 1. The lowest BCUT2D eigenvalue weighted by molar-refractivity contribution is 0.271. The first-order chi connectivity index (χ1) is 9.25. The highest BCUT2D eigenvalue weighted by Crippen LogP contribution is 2.23. The molecule has 20 heavy (non-hydrogen) atoms. The van der Waals surface area contributed by atoms with Gasteiger partial charge >= 0.3 is 0 Å². The molecule has 1 aromatic rings. The van der Waals surface area contributed by atoms with Crippen LogP contribution in [0.3, 0.4) is 0 Å². The first-order valence-electron chi connectivity index (χ1n) is 6.52.